The number of thioether (sulfide) groups is 1. The van der Waals surface area contributed by atoms with Crippen molar-refractivity contribution in [3.05, 3.63) is 100 Å². The van der Waals surface area contributed by atoms with Crippen molar-refractivity contribution >= 4 is 34.6 Å². The lowest BCUT2D eigenvalue weighted by atomic mass is 9.94. The summed E-state index contributed by atoms with van der Waals surface area (Å²) in [4.78, 5) is 21.0. The number of carbonyl (C=O) groups is 1. The van der Waals surface area contributed by atoms with E-state index in [-0.39, 0.29) is 11.9 Å². The second-order valence-corrected chi connectivity index (χ2v) is 10.2. The molecule has 2 fully saturated rings. The van der Waals surface area contributed by atoms with Gasteiger partial charge in [0.05, 0.1) is 10.6 Å². The van der Waals surface area contributed by atoms with Crippen LogP contribution in [-0.2, 0) is 11.4 Å². The zero-order valence-electron chi connectivity index (χ0n) is 20.0. The number of benzene rings is 3. The van der Waals surface area contributed by atoms with E-state index in [1.54, 1.807) is 0 Å². The molecule has 35 heavy (non-hydrogen) atoms. The summed E-state index contributed by atoms with van der Waals surface area (Å²) >= 11 is 1.48. The molecule has 1 saturated heterocycles. The van der Waals surface area contributed by atoms with E-state index in [9.17, 15) is 4.79 Å². The second-order valence-electron chi connectivity index (χ2n) is 9.15. The number of aryl methyl sites for hydroxylation is 1. The standard InChI is InChI=1S/C30H30N2O2S/c1-22-9-8-10-24(19-22)21-34-27-17-15-23(16-18-27)20-28-29(33)32(26-13-6-3-7-14-26)30(35-28)31-25-11-4-2-5-12-25/h2,4-5,8-12,15-20,26H,3,6-7,13-14,21H2,1H3. The largest absolute Gasteiger partial charge is 0.489 e. The van der Waals surface area contributed by atoms with E-state index in [0.717, 1.165) is 45.5 Å². The zero-order chi connectivity index (χ0) is 24.0. The Morgan fingerprint density at radius 2 is 1.74 bits per heavy atom. The molecule has 0 spiro atoms. The van der Waals surface area contributed by atoms with Crippen molar-refractivity contribution in [2.45, 2.75) is 51.7 Å². The Labute approximate surface area is 211 Å². The van der Waals surface area contributed by atoms with Crippen molar-refractivity contribution in [3.8, 4) is 5.75 Å². The quantitative estimate of drug-likeness (QED) is 0.341. The van der Waals surface area contributed by atoms with Crippen LogP contribution in [0.15, 0.2) is 88.8 Å². The molecular weight excluding hydrogens is 452 g/mol. The molecule has 1 amide bonds. The lowest BCUT2D eigenvalue weighted by Crippen LogP contribution is -2.40. The molecule has 5 heteroatoms. The van der Waals surface area contributed by atoms with Crippen LogP contribution in [0.4, 0.5) is 5.69 Å². The van der Waals surface area contributed by atoms with E-state index < -0.39 is 0 Å². The number of carbonyl (C=O) groups excluding carboxylic acids is 1. The highest BCUT2D eigenvalue weighted by Gasteiger charge is 2.38. The van der Waals surface area contributed by atoms with E-state index in [0.29, 0.717) is 6.61 Å². The third-order valence-corrected chi connectivity index (χ3v) is 7.41. The van der Waals surface area contributed by atoms with E-state index in [1.807, 2.05) is 71.6 Å². The first-order valence-electron chi connectivity index (χ1n) is 12.3. The maximum Gasteiger partial charge on any atom is 0.267 e. The van der Waals surface area contributed by atoms with Gasteiger partial charge < -0.3 is 4.74 Å². The molecule has 5 rings (SSSR count). The van der Waals surface area contributed by atoms with Crippen LogP contribution in [0.1, 0.15) is 48.8 Å². The van der Waals surface area contributed by atoms with Gasteiger partial charge >= 0.3 is 0 Å². The maximum atomic E-state index is 13.5. The molecule has 1 heterocycles. The van der Waals surface area contributed by atoms with Gasteiger partial charge in [-0.3, -0.25) is 9.69 Å². The van der Waals surface area contributed by atoms with Crippen molar-refractivity contribution in [2.24, 2.45) is 4.99 Å². The fourth-order valence-corrected chi connectivity index (χ4v) is 5.68. The van der Waals surface area contributed by atoms with Crippen LogP contribution in [0.5, 0.6) is 5.75 Å². The van der Waals surface area contributed by atoms with Crippen LogP contribution in [0.2, 0.25) is 0 Å². The minimum atomic E-state index is 0.0661. The molecule has 3 aromatic rings. The number of aliphatic imine (C=N–C) groups is 1. The van der Waals surface area contributed by atoms with Gasteiger partial charge in [-0.25, -0.2) is 4.99 Å². The lowest BCUT2D eigenvalue weighted by molar-refractivity contribution is -0.124. The van der Waals surface area contributed by atoms with Gasteiger partial charge in [0.15, 0.2) is 5.17 Å². The molecule has 0 unspecified atom stereocenters. The summed E-state index contributed by atoms with van der Waals surface area (Å²) in [6.07, 6.45) is 7.64. The van der Waals surface area contributed by atoms with Crippen molar-refractivity contribution in [2.75, 3.05) is 0 Å². The van der Waals surface area contributed by atoms with E-state index in [4.69, 9.17) is 9.73 Å². The molecule has 0 atom stereocenters. The van der Waals surface area contributed by atoms with Gasteiger partial charge in [0.25, 0.3) is 5.91 Å². The number of para-hydroxylation sites is 1. The highest BCUT2D eigenvalue weighted by molar-refractivity contribution is 8.18. The number of ether oxygens (including phenoxy) is 1. The van der Waals surface area contributed by atoms with Gasteiger partial charge in [-0.05, 0) is 73.0 Å². The van der Waals surface area contributed by atoms with Crippen LogP contribution >= 0.6 is 11.8 Å². The summed E-state index contributed by atoms with van der Waals surface area (Å²) in [6, 6.07) is 26.4. The number of rotatable bonds is 6. The number of amidine groups is 1. The molecule has 2 aliphatic rings. The monoisotopic (exact) mass is 482 g/mol. The minimum Gasteiger partial charge on any atom is -0.489 e. The molecule has 1 aliphatic carbocycles. The predicted molar refractivity (Wildman–Crippen MR) is 145 cm³/mol. The van der Waals surface area contributed by atoms with Crippen molar-refractivity contribution in [1.82, 2.24) is 4.90 Å². The molecule has 1 aliphatic heterocycles. The smallest absolute Gasteiger partial charge is 0.267 e. The molecule has 178 valence electrons. The Balaban J connectivity index is 1.33. The van der Waals surface area contributed by atoms with Crippen LogP contribution in [0.3, 0.4) is 0 Å². The SMILES string of the molecule is Cc1cccc(COc2ccc(C=C3SC(=Nc4ccccc4)N(C4CCCCC4)C3=O)cc2)c1. The summed E-state index contributed by atoms with van der Waals surface area (Å²) in [7, 11) is 0. The molecule has 0 aromatic heterocycles. The maximum absolute atomic E-state index is 13.5. The number of amides is 1. The zero-order valence-corrected chi connectivity index (χ0v) is 20.8. The van der Waals surface area contributed by atoms with Gasteiger partial charge in [0, 0.05) is 6.04 Å². The van der Waals surface area contributed by atoms with Crippen LogP contribution in [0.25, 0.3) is 6.08 Å². The Morgan fingerprint density at radius 1 is 0.971 bits per heavy atom. The molecule has 3 aromatic carbocycles. The average Bonchev–Trinajstić information content (AvgIpc) is 3.19. The average molecular weight is 483 g/mol. The van der Waals surface area contributed by atoms with Gasteiger partial charge in [0.2, 0.25) is 0 Å². The Hall–Kier alpha value is -3.31. The fourth-order valence-electron chi connectivity index (χ4n) is 4.62. The summed E-state index contributed by atoms with van der Waals surface area (Å²) < 4.78 is 5.95. The van der Waals surface area contributed by atoms with Crippen LogP contribution < -0.4 is 4.74 Å². The second kappa shape index (κ2) is 11.0. The Kier molecular flexibility index (Phi) is 7.34. The Bertz CT molecular complexity index is 1230. The third-order valence-electron chi connectivity index (χ3n) is 6.42. The van der Waals surface area contributed by atoms with Gasteiger partial charge in [-0.1, -0.05) is 79.4 Å². The summed E-state index contributed by atoms with van der Waals surface area (Å²) in [5.41, 5.74) is 4.23. The molecule has 1 saturated carbocycles. The first-order valence-corrected chi connectivity index (χ1v) is 13.1. The summed E-state index contributed by atoms with van der Waals surface area (Å²) in [5, 5.41) is 0.789. The molecular formula is C30H30N2O2S. The third kappa shape index (κ3) is 5.85. The van der Waals surface area contributed by atoms with Crippen molar-refractivity contribution < 1.29 is 9.53 Å². The fraction of sp³-hybridized carbons (Fsp3) is 0.267. The number of nitrogens with zero attached hydrogens (tertiary/aromatic N) is 2. The first-order chi connectivity index (χ1) is 17.2. The summed E-state index contributed by atoms with van der Waals surface area (Å²) in [5.74, 6) is 0.880. The highest BCUT2D eigenvalue weighted by atomic mass is 32.2. The molecule has 0 N–H and O–H groups in total. The van der Waals surface area contributed by atoms with Crippen LogP contribution in [-0.4, -0.2) is 22.0 Å². The van der Waals surface area contributed by atoms with Gasteiger partial charge in [-0.2, -0.15) is 0 Å². The molecule has 0 radical (unpaired) electrons. The highest BCUT2D eigenvalue weighted by Crippen LogP contribution is 2.38. The van der Waals surface area contributed by atoms with Crippen molar-refractivity contribution in [3.63, 3.8) is 0 Å². The number of hydrogen-bond acceptors (Lipinski definition) is 4. The van der Waals surface area contributed by atoms with Gasteiger partial charge in [-0.15, -0.1) is 0 Å². The lowest BCUT2D eigenvalue weighted by Gasteiger charge is -2.30. The predicted octanol–water partition coefficient (Wildman–Crippen LogP) is 7.51. The normalized spacial score (nSPS) is 19.0. The minimum absolute atomic E-state index is 0.0661. The van der Waals surface area contributed by atoms with E-state index >= 15 is 0 Å². The Morgan fingerprint density at radius 3 is 2.49 bits per heavy atom. The first kappa shape index (κ1) is 23.4. The van der Waals surface area contributed by atoms with Crippen LogP contribution in [0, 0.1) is 6.92 Å². The topological polar surface area (TPSA) is 41.9 Å². The summed E-state index contributed by atoms with van der Waals surface area (Å²) in [6.45, 7) is 2.62. The van der Waals surface area contributed by atoms with E-state index in [2.05, 4.69) is 25.1 Å². The van der Waals surface area contributed by atoms with Gasteiger partial charge in [0.1, 0.15) is 12.4 Å². The molecule has 0 bridgehead atoms. The van der Waals surface area contributed by atoms with Crippen molar-refractivity contribution in [1.29, 1.82) is 0 Å². The molecule has 4 nitrogen and oxygen atoms in total. The van der Waals surface area contributed by atoms with E-state index in [1.165, 1.54) is 36.6 Å². The number of hydrogen-bond donors (Lipinski definition) is 0.